The summed E-state index contributed by atoms with van der Waals surface area (Å²) in [6, 6.07) is 9.56. The molecule has 27 heavy (non-hydrogen) atoms. The molecule has 0 spiro atoms. The molecule has 4 rings (SSSR count). The molecule has 3 aromatic rings. The van der Waals surface area contributed by atoms with Crippen molar-refractivity contribution in [2.75, 3.05) is 7.05 Å². The summed E-state index contributed by atoms with van der Waals surface area (Å²) in [6.07, 6.45) is -0.0434. The fourth-order valence-electron chi connectivity index (χ4n) is 2.93. The van der Waals surface area contributed by atoms with E-state index in [2.05, 4.69) is 15.0 Å². The first-order valence-corrected chi connectivity index (χ1v) is 9.57. The highest BCUT2D eigenvalue weighted by molar-refractivity contribution is 7.84. The molecule has 1 aromatic carbocycles. The molecule has 0 bridgehead atoms. The summed E-state index contributed by atoms with van der Waals surface area (Å²) in [5.74, 6) is 0. The van der Waals surface area contributed by atoms with Gasteiger partial charge in [0.05, 0.1) is 6.33 Å². The number of hydrogen-bond donors (Lipinski definition) is 2. The van der Waals surface area contributed by atoms with Crippen molar-refractivity contribution in [3.05, 3.63) is 43.0 Å². The molecule has 1 aliphatic rings. The van der Waals surface area contributed by atoms with E-state index in [0.29, 0.717) is 16.9 Å². The number of fused-ring (bicyclic) bond motifs is 1. The number of nitrogens with one attached hydrogen (secondary N) is 1. The Morgan fingerprint density at radius 3 is 2.78 bits per heavy atom. The summed E-state index contributed by atoms with van der Waals surface area (Å²) in [5.41, 5.74) is 2.65. The Morgan fingerprint density at radius 1 is 1.26 bits per heavy atom. The van der Waals surface area contributed by atoms with Crippen LogP contribution in [0.25, 0.3) is 22.4 Å². The molecule has 3 atom stereocenters. The third-order valence-electron chi connectivity index (χ3n) is 4.24. The monoisotopic (exact) mass is 391 g/mol. The fourth-order valence-corrected chi connectivity index (χ4v) is 3.45. The molecule has 1 fully saturated rings. The number of rotatable bonds is 5. The van der Waals surface area contributed by atoms with Crippen molar-refractivity contribution >= 4 is 21.5 Å². The zero-order valence-electron chi connectivity index (χ0n) is 14.3. The van der Waals surface area contributed by atoms with Gasteiger partial charge in [-0.3, -0.25) is 4.57 Å². The quantitative estimate of drug-likeness (QED) is 0.646. The minimum atomic E-state index is -4.00. The molecule has 1 aliphatic heterocycles. The molecule has 1 saturated heterocycles. The minimum Gasteiger partial charge on any atom is -0.388 e. The average molecular weight is 391 g/mol. The van der Waals surface area contributed by atoms with Gasteiger partial charge in [0.1, 0.15) is 29.9 Å². The van der Waals surface area contributed by atoms with Crippen LogP contribution >= 0.6 is 0 Å². The van der Waals surface area contributed by atoms with E-state index in [0.717, 1.165) is 5.56 Å². The van der Waals surface area contributed by atoms with Crippen LogP contribution in [0.2, 0.25) is 0 Å². The van der Waals surface area contributed by atoms with E-state index < -0.39 is 28.9 Å². The van der Waals surface area contributed by atoms with Crippen LogP contribution in [0, 0.1) is 0 Å². The number of aliphatic hydroxyl groups is 1. The Kier molecular flexibility index (Phi) is 4.61. The summed E-state index contributed by atoms with van der Waals surface area (Å²) < 4.78 is 37.1. The Balaban J connectivity index is 1.66. The summed E-state index contributed by atoms with van der Waals surface area (Å²) in [7, 11) is -2.79. The van der Waals surface area contributed by atoms with E-state index in [-0.39, 0.29) is 6.42 Å². The van der Waals surface area contributed by atoms with Gasteiger partial charge in [-0.25, -0.2) is 19.1 Å². The van der Waals surface area contributed by atoms with Crippen LogP contribution < -0.4 is 4.72 Å². The normalized spacial score (nSPS) is 23.1. The lowest BCUT2D eigenvalue weighted by Crippen LogP contribution is -2.32. The van der Waals surface area contributed by atoms with Gasteiger partial charge in [0, 0.05) is 19.0 Å². The summed E-state index contributed by atoms with van der Waals surface area (Å²) in [6.45, 7) is 0. The van der Waals surface area contributed by atoms with Crippen molar-refractivity contribution in [1.82, 2.24) is 24.2 Å². The molecule has 0 aliphatic carbocycles. The van der Waals surface area contributed by atoms with E-state index in [1.165, 1.54) is 19.7 Å². The number of aromatic nitrogens is 4. The van der Waals surface area contributed by atoms with E-state index >= 15 is 0 Å². The highest BCUT2D eigenvalue weighted by atomic mass is 32.2. The Hall–Kier alpha value is -2.44. The first-order valence-electron chi connectivity index (χ1n) is 8.17. The zero-order valence-corrected chi connectivity index (χ0v) is 15.1. The second kappa shape index (κ2) is 6.94. The second-order valence-electron chi connectivity index (χ2n) is 5.93. The van der Waals surface area contributed by atoms with E-state index in [1.54, 1.807) is 4.57 Å². The van der Waals surface area contributed by atoms with E-state index in [9.17, 15) is 13.5 Å². The molecule has 2 aromatic heterocycles. The van der Waals surface area contributed by atoms with Crippen LogP contribution in [0.3, 0.4) is 0 Å². The van der Waals surface area contributed by atoms with Gasteiger partial charge in [0.2, 0.25) is 6.29 Å². The van der Waals surface area contributed by atoms with Crippen molar-refractivity contribution in [3.63, 3.8) is 0 Å². The molecule has 0 amide bonds. The maximum Gasteiger partial charge on any atom is 0.338 e. The number of imidazole rings is 1. The third kappa shape index (κ3) is 3.42. The summed E-state index contributed by atoms with van der Waals surface area (Å²) >= 11 is 0. The molecule has 10 nitrogen and oxygen atoms in total. The van der Waals surface area contributed by atoms with Crippen LogP contribution in [-0.4, -0.2) is 52.5 Å². The lowest BCUT2D eigenvalue weighted by Gasteiger charge is -2.15. The van der Waals surface area contributed by atoms with Crippen molar-refractivity contribution < 1.29 is 22.4 Å². The number of benzene rings is 1. The standard InChI is InChI=1S/C16H17N5O5S/c1-17-27(23,24)26-16-11(22)7-12(25-16)21-9-20-14-13(18-8-19-15(14)21)10-5-3-2-4-6-10/h2-6,8-9,11-12,16-17,22H,7H2,1H3/t11-,12+,16+/m0/s1. The highest BCUT2D eigenvalue weighted by Crippen LogP contribution is 2.33. The van der Waals surface area contributed by atoms with Crippen LogP contribution in [0.15, 0.2) is 43.0 Å². The topological polar surface area (TPSA) is 128 Å². The summed E-state index contributed by atoms with van der Waals surface area (Å²) in [4.78, 5) is 13.0. The third-order valence-corrected chi connectivity index (χ3v) is 5.18. The van der Waals surface area contributed by atoms with Crippen molar-refractivity contribution in [2.45, 2.75) is 25.0 Å². The number of aliphatic hydroxyl groups excluding tert-OH is 1. The van der Waals surface area contributed by atoms with E-state index in [4.69, 9.17) is 8.92 Å². The largest absolute Gasteiger partial charge is 0.388 e. The van der Waals surface area contributed by atoms with Crippen LogP contribution in [0.4, 0.5) is 0 Å². The first-order chi connectivity index (χ1) is 13.0. The number of nitrogens with zero attached hydrogens (tertiary/aromatic N) is 4. The number of hydrogen-bond acceptors (Lipinski definition) is 8. The predicted molar refractivity (Wildman–Crippen MR) is 94.4 cm³/mol. The molecule has 11 heteroatoms. The SMILES string of the molecule is CNS(=O)(=O)O[C@H]1O[C@@H](n2cnc3c(-c4ccccc4)ncnc32)C[C@@H]1O. The lowest BCUT2D eigenvalue weighted by molar-refractivity contribution is -0.122. The first kappa shape index (κ1) is 17.9. The van der Waals surface area contributed by atoms with Gasteiger partial charge in [0.15, 0.2) is 5.65 Å². The molecule has 0 radical (unpaired) electrons. The van der Waals surface area contributed by atoms with Gasteiger partial charge < -0.3 is 9.84 Å². The fraction of sp³-hybridized carbons (Fsp3) is 0.312. The summed E-state index contributed by atoms with van der Waals surface area (Å²) in [5, 5.41) is 10.1. The molecular formula is C16H17N5O5S. The van der Waals surface area contributed by atoms with Crippen LogP contribution in [0.5, 0.6) is 0 Å². The van der Waals surface area contributed by atoms with Gasteiger partial charge in [-0.15, -0.1) is 0 Å². The maximum atomic E-state index is 11.5. The molecule has 142 valence electrons. The Bertz CT molecular complexity index is 1060. The molecule has 2 N–H and O–H groups in total. The van der Waals surface area contributed by atoms with Gasteiger partial charge in [0.25, 0.3) is 0 Å². The smallest absolute Gasteiger partial charge is 0.338 e. The predicted octanol–water partition coefficient (Wildman–Crippen LogP) is 0.580. The second-order valence-corrected chi connectivity index (χ2v) is 7.44. The van der Waals surface area contributed by atoms with Crippen molar-refractivity contribution in [3.8, 4) is 11.3 Å². The van der Waals surface area contributed by atoms with Crippen LogP contribution in [-0.2, 0) is 19.2 Å². The number of ether oxygens (including phenoxy) is 1. The Labute approximate surface area is 155 Å². The average Bonchev–Trinajstić information content (AvgIpc) is 3.25. The molecular weight excluding hydrogens is 374 g/mol. The molecule has 0 saturated carbocycles. The van der Waals surface area contributed by atoms with Gasteiger partial charge >= 0.3 is 10.3 Å². The van der Waals surface area contributed by atoms with Gasteiger partial charge in [-0.05, 0) is 0 Å². The van der Waals surface area contributed by atoms with Crippen molar-refractivity contribution in [1.29, 1.82) is 0 Å². The van der Waals surface area contributed by atoms with Crippen molar-refractivity contribution in [2.24, 2.45) is 0 Å². The minimum absolute atomic E-state index is 0.125. The van der Waals surface area contributed by atoms with Gasteiger partial charge in [-0.1, -0.05) is 30.3 Å². The maximum absolute atomic E-state index is 11.5. The zero-order chi connectivity index (χ0) is 19.0. The van der Waals surface area contributed by atoms with E-state index in [1.807, 2.05) is 35.1 Å². The highest BCUT2D eigenvalue weighted by Gasteiger charge is 2.39. The molecule has 3 heterocycles. The molecule has 0 unspecified atom stereocenters. The Morgan fingerprint density at radius 2 is 2.04 bits per heavy atom. The lowest BCUT2D eigenvalue weighted by atomic mass is 10.1. The van der Waals surface area contributed by atoms with Gasteiger partial charge in [-0.2, -0.15) is 13.1 Å². The van der Waals surface area contributed by atoms with Crippen LogP contribution in [0.1, 0.15) is 12.6 Å².